The molecule has 2 unspecified atom stereocenters. The topological polar surface area (TPSA) is 175 Å². The van der Waals surface area contributed by atoms with Crippen LogP contribution in [0.15, 0.2) is 12.1 Å². The minimum absolute atomic E-state index is 0. The molecule has 0 saturated heterocycles. The van der Waals surface area contributed by atoms with E-state index in [1.54, 1.807) is 0 Å². The van der Waals surface area contributed by atoms with Gasteiger partial charge in [0.25, 0.3) is 0 Å². The molecule has 1 amide bonds. The number of Topliss-reactive ketones (excluding diaryl/α,β-unsaturated/α-hetero) is 4. The number of likely N-dealkylation sites (N-methyl/N-ethyl adjacent to an activating group) is 1. The second-order valence-electron chi connectivity index (χ2n) is 8.79. The van der Waals surface area contributed by atoms with Gasteiger partial charge in [0.2, 0.25) is 5.91 Å². The maximum Gasteiger partial charge on any atom is 2.00 e. The average Bonchev–Trinajstić information content (AvgIpc) is 2.69. The smallest absolute Gasteiger partial charge is 0.507 e. The number of nitrogens with two attached hydrogens (primary N) is 1. The van der Waals surface area contributed by atoms with Crippen LogP contribution in [0.5, 0.6) is 5.75 Å². The average molecular weight is 505 g/mol. The first kappa shape index (κ1) is 26.2. The number of carbonyl (C=O) groups excluding carboxylic acids is 5. The summed E-state index contributed by atoms with van der Waals surface area (Å²) in [7, 11) is 2.94. The first-order valence-electron chi connectivity index (χ1n) is 9.89. The number of hydrogen-bond donors (Lipinski definition) is 4. The fourth-order valence-electron chi connectivity index (χ4n) is 5.60. The Bertz CT molecular complexity index is 1110. The van der Waals surface area contributed by atoms with E-state index in [9.17, 15) is 39.3 Å². The predicted molar refractivity (Wildman–Crippen MR) is 113 cm³/mol. The summed E-state index contributed by atoms with van der Waals surface area (Å²) in [6.45, 7) is 0. The minimum atomic E-state index is -2.84. The second kappa shape index (κ2) is 8.67. The number of nitrogens with zero attached hydrogens (tertiary/aromatic N) is 1. The Hall–Kier alpha value is -1.40. The number of aliphatic hydroxyl groups excluding tert-OH is 1. The predicted octanol–water partition coefficient (Wildman–Crippen LogP) is -1.37. The monoisotopic (exact) mass is 504 g/mol. The van der Waals surface area contributed by atoms with Gasteiger partial charge in [0, 0.05) is 22.4 Å². The molecular weight excluding hydrogens is 484 g/mol. The van der Waals surface area contributed by atoms with E-state index in [4.69, 9.17) is 17.3 Å². The molecule has 5 N–H and O–H groups in total. The minimum Gasteiger partial charge on any atom is -0.507 e. The number of halogens is 1. The number of primary amides is 1. The number of hydrogen-bond acceptors (Lipinski definition) is 9. The maximum atomic E-state index is 13.5. The van der Waals surface area contributed by atoms with Crippen molar-refractivity contribution in [1.82, 2.24) is 4.90 Å². The molecule has 3 aliphatic rings. The van der Waals surface area contributed by atoms with Crippen LogP contribution < -0.4 is 5.73 Å². The number of amides is 1. The number of benzene rings is 1. The quantitative estimate of drug-likeness (QED) is 0.279. The fourth-order valence-corrected chi connectivity index (χ4v) is 5.87. The molecule has 33 heavy (non-hydrogen) atoms. The van der Waals surface area contributed by atoms with Gasteiger partial charge >= 0.3 is 37.7 Å². The van der Waals surface area contributed by atoms with Crippen LogP contribution in [-0.2, 0) is 19.2 Å². The van der Waals surface area contributed by atoms with Crippen molar-refractivity contribution in [3.63, 3.8) is 0 Å². The molecule has 0 heterocycles. The summed E-state index contributed by atoms with van der Waals surface area (Å²) in [5.41, 5.74) is 1.98. The summed E-state index contributed by atoms with van der Waals surface area (Å²) in [5, 5.41) is 32.6. The summed E-state index contributed by atoms with van der Waals surface area (Å²) in [6.07, 6.45) is -1.75. The molecule has 2 saturated carbocycles. The van der Waals surface area contributed by atoms with Crippen molar-refractivity contribution in [3.8, 4) is 5.75 Å². The molecule has 0 radical (unpaired) electrons. The van der Waals surface area contributed by atoms with Crippen molar-refractivity contribution in [1.29, 1.82) is 0 Å². The second-order valence-corrected chi connectivity index (χ2v) is 9.20. The van der Waals surface area contributed by atoms with Crippen LogP contribution in [-0.4, -0.2) is 113 Å². The molecule has 170 valence electrons. The molecule has 1 aromatic carbocycles. The number of aromatic hydroxyl groups is 1. The molecule has 0 aliphatic heterocycles. The summed E-state index contributed by atoms with van der Waals surface area (Å²) in [5.74, 6) is -12.4. The van der Waals surface area contributed by atoms with E-state index >= 15 is 0 Å². The largest absolute Gasteiger partial charge is 2.00 e. The molecule has 0 aromatic heterocycles. The van der Waals surface area contributed by atoms with Crippen LogP contribution in [0.2, 0.25) is 5.02 Å². The zero-order valence-corrected chi connectivity index (χ0v) is 20.8. The number of fused-ring (bicyclic) bond motifs is 3. The molecule has 12 heteroatoms. The van der Waals surface area contributed by atoms with Crippen LogP contribution in [0.3, 0.4) is 0 Å². The van der Waals surface area contributed by atoms with Gasteiger partial charge < -0.3 is 21.1 Å². The summed E-state index contributed by atoms with van der Waals surface area (Å²) >= 11 is 6.16. The van der Waals surface area contributed by atoms with Crippen LogP contribution in [0.25, 0.3) is 0 Å². The van der Waals surface area contributed by atoms with Gasteiger partial charge in [-0.25, -0.2) is 0 Å². The number of aliphatic hydroxyl groups is 2. The molecule has 4 rings (SSSR count). The Labute approximate surface area is 223 Å². The number of ketones is 4. The van der Waals surface area contributed by atoms with Crippen LogP contribution in [0.1, 0.15) is 28.4 Å². The molecule has 2 fully saturated rings. The van der Waals surface area contributed by atoms with Gasteiger partial charge in [0.15, 0.2) is 34.7 Å². The van der Waals surface area contributed by atoms with Crippen LogP contribution in [0.4, 0.5) is 0 Å². The van der Waals surface area contributed by atoms with E-state index in [2.05, 4.69) is 0 Å². The van der Waals surface area contributed by atoms with E-state index in [-0.39, 0.29) is 60.3 Å². The molecule has 3 aliphatic carbocycles. The Balaban J connectivity index is 0.00000306. The normalized spacial score (nSPS) is 35.5. The molecule has 0 bridgehead atoms. The third-order valence-corrected chi connectivity index (χ3v) is 7.31. The first-order chi connectivity index (χ1) is 14.8. The van der Waals surface area contributed by atoms with Gasteiger partial charge in [-0.05, 0) is 32.6 Å². The van der Waals surface area contributed by atoms with E-state index < -0.39 is 76.2 Å². The van der Waals surface area contributed by atoms with Crippen molar-refractivity contribution >= 4 is 78.4 Å². The van der Waals surface area contributed by atoms with Crippen molar-refractivity contribution in [2.75, 3.05) is 14.1 Å². The zero-order chi connectivity index (χ0) is 23.9. The fraction of sp³-hybridized carbons (Fsp3) is 0.476. The first-order valence-corrected chi connectivity index (χ1v) is 10.3. The van der Waals surface area contributed by atoms with Gasteiger partial charge in [-0.1, -0.05) is 11.6 Å². The van der Waals surface area contributed by atoms with Crippen molar-refractivity contribution in [3.05, 3.63) is 28.3 Å². The SMILES string of the molecule is CN(C)[C@@H]1C(=O)C(C(N)=O)C(=O)[C@@]2(O)C(=O)C3C(=O)c4c(O)ccc(Cl)c4[C@@H](O)[C@H]3C[C@@H]12.[Ca+2]. The van der Waals surface area contributed by atoms with Crippen LogP contribution >= 0.6 is 11.6 Å². The van der Waals surface area contributed by atoms with E-state index in [0.717, 1.165) is 6.07 Å². The van der Waals surface area contributed by atoms with Gasteiger partial charge in [0.1, 0.15) is 5.75 Å². The third-order valence-electron chi connectivity index (χ3n) is 6.99. The number of carbonyl (C=O) groups is 5. The van der Waals surface area contributed by atoms with Gasteiger partial charge in [-0.3, -0.25) is 28.9 Å². The van der Waals surface area contributed by atoms with Crippen LogP contribution in [0, 0.1) is 23.7 Å². The summed E-state index contributed by atoms with van der Waals surface area (Å²) < 4.78 is 0. The van der Waals surface area contributed by atoms with Gasteiger partial charge in [-0.2, -0.15) is 0 Å². The third kappa shape index (κ3) is 3.42. The Morgan fingerprint density at radius 2 is 1.79 bits per heavy atom. The maximum absolute atomic E-state index is 13.5. The summed E-state index contributed by atoms with van der Waals surface area (Å²) in [6, 6.07) is 1.18. The zero-order valence-electron chi connectivity index (χ0n) is 17.8. The van der Waals surface area contributed by atoms with Crippen molar-refractivity contribution in [2.45, 2.75) is 24.2 Å². The molecule has 7 atom stereocenters. The standard InChI is InChI=1S/C21H21ClN2O8.Ca/c1-24(2)14-7-5-6-10(16(27)12-9(25)4-3-8(22)11(12)15(6)26)18(29)21(7,32)19(30)13(17(14)28)20(23)31;/h3-4,6-7,10,13-15,25-26,32H,5H2,1-2H3,(H2,23,31);/q;+2/t6-,7-,10?,13?,14-,15-,21-;/m0./s1. The Morgan fingerprint density at radius 3 is 2.33 bits per heavy atom. The number of rotatable bonds is 2. The number of phenols is 1. The van der Waals surface area contributed by atoms with E-state index in [1.165, 1.54) is 25.1 Å². The molecule has 0 spiro atoms. The Morgan fingerprint density at radius 1 is 1.18 bits per heavy atom. The van der Waals surface area contributed by atoms with E-state index in [1.807, 2.05) is 0 Å². The Kier molecular flexibility index (Phi) is 6.89. The van der Waals surface area contributed by atoms with Crippen molar-refractivity contribution < 1.29 is 39.3 Å². The molecular formula is C21H21CaClN2O8+2. The van der Waals surface area contributed by atoms with Gasteiger partial charge in [0.05, 0.1) is 23.6 Å². The summed E-state index contributed by atoms with van der Waals surface area (Å²) in [4.78, 5) is 66.1. The molecule has 1 aromatic rings. The van der Waals surface area contributed by atoms with Crippen molar-refractivity contribution in [2.24, 2.45) is 29.4 Å². The number of phenolic OH excluding ortho intramolecular Hbond substituents is 1. The molecule has 10 nitrogen and oxygen atoms in total. The van der Waals surface area contributed by atoms with Gasteiger partial charge in [-0.15, -0.1) is 0 Å². The van der Waals surface area contributed by atoms with E-state index in [0.29, 0.717) is 0 Å².